The molecule has 2 aromatic carbocycles. The minimum absolute atomic E-state index is 0.125. The van der Waals surface area contributed by atoms with Crippen LogP contribution in [0.5, 0.6) is 11.5 Å². The molecule has 6 heteroatoms. The first kappa shape index (κ1) is 14.9. The second-order valence-electron chi connectivity index (χ2n) is 4.93. The smallest absolute Gasteiger partial charge is 0.337 e. The van der Waals surface area contributed by atoms with E-state index in [1.54, 1.807) is 36.4 Å². The van der Waals surface area contributed by atoms with Gasteiger partial charge in [-0.1, -0.05) is 18.2 Å². The summed E-state index contributed by atoms with van der Waals surface area (Å²) >= 11 is 0. The van der Waals surface area contributed by atoms with E-state index in [0.29, 0.717) is 22.7 Å². The van der Waals surface area contributed by atoms with Crippen LogP contribution in [0.15, 0.2) is 48.5 Å². The maximum absolute atomic E-state index is 12.3. The number of hydrogen-bond donors (Lipinski definition) is 1. The topological polar surface area (TPSA) is 73.9 Å². The molecule has 6 nitrogen and oxygen atoms in total. The molecule has 0 saturated carbocycles. The molecule has 0 unspecified atom stereocenters. The van der Waals surface area contributed by atoms with Crippen molar-refractivity contribution in [2.24, 2.45) is 0 Å². The molecule has 0 aliphatic carbocycles. The number of ether oxygens (including phenoxy) is 3. The Bertz CT molecular complexity index is 743. The molecule has 1 aliphatic rings. The summed E-state index contributed by atoms with van der Waals surface area (Å²) in [6.45, 7) is 0.125. The summed E-state index contributed by atoms with van der Waals surface area (Å²) in [5.74, 6) is 0.334. The van der Waals surface area contributed by atoms with Gasteiger partial charge >= 0.3 is 5.97 Å². The van der Waals surface area contributed by atoms with E-state index in [4.69, 9.17) is 9.47 Å². The number of nitrogens with one attached hydrogen (secondary N) is 1. The molecule has 118 valence electrons. The first-order valence-corrected chi connectivity index (χ1v) is 7.05. The summed E-state index contributed by atoms with van der Waals surface area (Å²) in [6, 6.07) is 13.7. The van der Waals surface area contributed by atoms with Crippen LogP contribution in [0.3, 0.4) is 0 Å². The lowest BCUT2D eigenvalue weighted by atomic mass is 10.2. The van der Waals surface area contributed by atoms with E-state index >= 15 is 0 Å². The van der Waals surface area contributed by atoms with Crippen LogP contribution in [0, 0.1) is 0 Å². The highest BCUT2D eigenvalue weighted by atomic mass is 16.6. The molecule has 0 aromatic heterocycles. The molecule has 0 radical (unpaired) electrons. The number of amides is 1. The van der Waals surface area contributed by atoms with Gasteiger partial charge in [0.2, 0.25) is 6.10 Å². The average molecular weight is 313 g/mol. The Morgan fingerprint density at radius 3 is 2.70 bits per heavy atom. The summed E-state index contributed by atoms with van der Waals surface area (Å²) in [6.07, 6.45) is -0.758. The minimum atomic E-state index is -0.758. The molecule has 0 spiro atoms. The van der Waals surface area contributed by atoms with Gasteiger partial charge in [0.25, 0.3) is 5.91 Å². The van der Waals surface area contributed by atoms with Crippen molar-refractivity contribution >= 4 is 17.6 Å². The van der Waals surface area contributed by atoms with Gasteiger partial charge in [0.1, 0.15) is 6.61 Å². The van der Waals surface area contributed by atoms with Crippen LogP contribution >= 0.6 is 0 Å². The molecule has 1 aliphatic heterocycles. The second kappa shape index (κ2) is 6.39. The van der Waals surface area contributed by atoms with E-state index in [9.17, 15) is 9.59 Å². The van der Waals surface area contributed by atoms with Gasteiger partial charge in [0.05, 0.1) is 12.7 Å². The van der Waals surface area contributed by atoms with Crippen molar-refractivity contribution in [2.75, 3.05) is 19.0 Å². The highest BCUT2D eigenvalue weighted by Gasteiger charge is 2.27. The van der Waals surface area contributed by atoms with E-state index in [2.05, 4.69) is 10.1 Å². The largest absolute Gasteiger partial charge is 0.485 e. The Morgan fingerprint density at radius 1 is 1.13 bits per heavy atom. The third-order valence-electron chi connectivity index (χ3n) is 3.35. The van der Waals surface area contributed by atoms with Gasteiger partial charge in [-0.25, -0.2) is 4.79 Å². The Morgan fingerprint density at radius 2 is 1.91 bits per heavy atom. The SMILES string of the molecule is COC(=O)c1cccc(NC(=O)[C@@H]2COc3ccccc3O2)c1. The fraction of sp³-hybridized carbons (Fsp3) is 0.176. The van der Waals surface area contributed by atoms with E-state index in [-0.39, 0.29) is 12.5 Å². The average Bonchev–Trinajstić information content (AvgIpc) is 2.60. The molecule has 0 fully saturated rings. The van der Waals surface area contributed by atoms with Crippen molar-refractivity contribution in [3.05, 3.63) is 54.1 Å². The van der Waals surface area contributed by atoms with Crippen molar-refractivity contribution in [2.45, 2.75) is 6.10 Å². The highest BCUT2D eigenvalue weighted by Crippen LogP contribution is 2.31. The zero-order valence-corrected chi connectivity index (χ0v) is 12.4. The maximum Gasteiger partial charge on any atom is 0.337 e. The lowest BCUT2D eigenvalue weighted by molar-refractivity contribution is -0.125. The monoisotopic (exact) mass is 313 g/mol. The number of carbonyl (C=O) groups is 2. The molecule has 3 rings (SSSR count). The van der Waals surface area contributed by atoms with Crippen LogP contribution in [0.4, 0.5) is 5.69 Å². The summed E-state index contributed by atoms with van der Waals surface area (Å²) in [5, 5.41) is 2.71. The first-order chi connectivity index (χ1) is 11.2. The molecule has 1 amide bonds. The zero-order chi connectivity index (χ0) is 16.2. The summed E-state index contributed by atoms with van der Waals surface area (Å²) in [5.41, 5.74) is 0.844. The van der Waals surface area contributed by atoms with Crippen molar-refractivity contribution in [3.8, 4) is 11.5 Å². The summed E-state index contributed by atoms with van der Waals surface area (Å²) in [7, 11) is 1.30. The molecule has 1 heterocycles. The molecule has 23 heavy (non-hydrogen) atoms. The molecule has 2 aromatic rings. The highest BCUT2D eigenvalue weighted by molar-refractivity contribution is 5.96. The van der Waals surface area contributed by atoms with Crippen LogP contribution in [-0.4, -0.2) is 31.7 Å². The molecule has 0 bridgehead atoms. The van der Waals surface area contributed by atoms with Gasteiger partial charge in [0.15, 0.2) is 11.5 Å². The number of benzene rings is 2. The van der Waals surface area contributed by atoms with Gasteiger partial charge < -0.3 is 19.5 Å². The second-order valence-corrected chi connectivity index (χ2v) is 4.93. The van der Waals surface area contributed by atoms with Crippen molar-refractivity contribution in [1.29, 1.82) is 0 Å². The van der Waals surface area contributed by atoms with Gasteiger partial charge in [-0.05, 0) is 30.3 Å². The fourth-order valence-corrected chi connectivity index (χ4v) is 2.21. The van der Waals surface area contributed by atoms with Crippen molar-refractivity contribution < 1.29 is 23.8 Å². The van der Waals surface area contributed by atoms with Crippen LogP contribution in [0.25, 0.3) is 0 Å². The number of fused-ring (bicyclic) bond motifs is 1. The van der Waals surface area contributed by atoms with Gasteiger partial charge in [-0.2, -0.15) is 0 Å². The lowest BCUT2D eigenvalue weighted by Gasteiger charge is -2.25. The predicted molar refractivity (Wildman–Crippen MR) is 82.8 cm³/mol. The number of anilines is 1. The minimum Gasteiger partial charge on any atom is -0.485 e. The van der Waals surface area contributed by atoms with E-state index < -0.39 is 12.1 Å². The Balaban J connectivity index is 1.69. The zero-order valence-electron chi connectivity index (χ0n) is 12.4. The summed E-state index contributed by atoms with van der Waals surface area (Å²) in [4.78, 5) is 23.8. The molecule has 1 N–H and O–H groups in total. The van der Waals surface area contributed by atoms with Crippen molar-refractivity contribution in [1.82, 2.24) is 0 Å². The van der Waals surface area contributed by atoms with E-state index in [0.717, 1.165) is 0 Å². The quantitative estimate of drug-likeness (QED) is 0.880. The predicted octanol–water partition coefficient (Wildman–Crippen LogP) is 2.25. The third-order valence-corrected chi connectivity index (χ3v) is 3.35. The van der Waals surface area contributed by atoms with Crippen LogP contribution in [-0.2, 0) is 9.53 Å². The first-order valence-electron chi connectivity index (χ1n) is 7.05. The maximum atomic E-state index is 12.3. The normalized spacial score (nSPS) is 15.6. The molecular formula is C17H15NO5. The fourth-order valence-electron chi connectivity index (χ4n) is 2.21. The number of rotatable bonds is 3. The Kier molecular flexibility index (Phi) is 4.14. The van der Waals surface area contributed by atoms with E-state index in [1.807, 2.05) is 12.1 Å². The number of esters is 1. The Hall–Kier alpha value is -3.02. The lowest BCUT2D eigenvalue weighted by Crippen LogP contribution is -2.40. The van der Waals surface area contributed by atoms with Crippen molar-refractivity contribution in [3.63, 3.8) is 0 Å². The number of methoxy groups -OCH3 is 1. The van der Waals surface area contributed by atoms with Crippen LogP contribution in [0.2, 0.25) is 0 Å². The third kappa shape index (κ3) is 3.26. The van der Waals surface area contributed by atoms with Gasteiger partial charge in [-0.3, -0.25) is 4.79 Å². The van der Waals surface area contributed by atoms with E-state index in [1.165, 1.54) is 7.11 Å². The van der Waals surface area contributed by atoms with Crippen LogP contribution < -0.4 is 14.8 Å². The number of para-hydroxylation sites is 2. The van der Waals surface area contributed by atoms with Gasteiger partial charge in [0, 0.05) is 5.69 Å². The number of hydrogen-bond acceptors (Lipinski definition) is 5. The van der Waals surface area contributed by atoms with Crippen LogP contribution in [0.1, 0.15) is 10.4 Å². The molecule has 1 atom stereocenters. The molecular weight excluding hydrogens is 298 g/mol. The number of carbonyl (C=O) groups excluding carboxylic acids is 2. The Labute approximate surface area is 133 Å². The standard InChI is InChI=1S/C17H15NO5/c1-21-17(20)11-5-4-6-12(9-11)18-16(19)15-10-22-13-7-2-3-8-14(13)23-15/h2-9,15H,10H2,1H3,(H,18,19)/t15-/m0/s1. The summed E-state index contributed by atoms with van der Waals surface area (Å²) < 4.78 is 15.8. The van der Waals surface area contributed by atoms with Gasteiger partial charge in [-0.15, -0.1) is 0 Å². The molecule has 0 saturated heterocycles.